The van der Waals surface area contributed by atoms with Crippen molar-refractivity contribution in [2.45, 2.75) is 0 Å². The topological polar surface area (TPSA) is 105 Å². The van der Waals surface area contributed by atoms with Gasteiger partial charge >= 0.3 is 5.69 Å². The highest BCUT2D eigenvalue weighted by molar-refractivity contribution is 5.97. The number of hydrogen-bond donors (Lipinski definition) is 2. The largest absolute Gasteiger partial charge is 0.376 e. The summed E-state index contributed by atoms with van der Waals surface area (Å²) < 4.78 is 13.3. The number of nitrogens with one attached hydrogen (secondary N) is 2. The fourth-order valence-electron chi connectivity index (χ4n) is 2.14. The second-order valence-corrected chi connectivity index (χ2v) is 5.61. The minimum absolute atomic E-state index is 0.186. The predicted molar refractivity (Wildman–Crippen MR) is 94.6 cm³/mol. The molecule has 2 aromatic carbocycles. The number of benzene rings is 2. The van der Waals surface area contributed by atoms with Crippen LogP contribution in [0.15, 0.2) is 42.5 Å². The van der Waals surface area contributed by atoms with E-state index in [9.17, 15) is 24.1 Å². The SMILES string of the molecule is CN(C)C(=O)c1cccc(NC(=O)CNc2ccc(F)c([N+](=O)[O-])c2)c1. The Morgan fingerprint density at radius 1 is 1.15 bits per heavy atom. The summed E-state index contributed by atoms with van der Waals surface area (Å²) in [6.45, 7) is -0.186. The summed E-state index contributed by atoms with van der Waals surface area (Å²) >= 11 is 0. The molecule has 0 aliphatic rings. The van der Waals surface area contributed by atoms with Crippen molar-refractivity contribution >= 4 is 28.9 Å². The molecule has 2 aromatic rings. The van der Waals surface area contributed by atoms with E-state index in [1.54, 1.807) is 38.4 Å². The number of nitro groups is 1. The van der Waals surface area contributed by atoms with Crippen molar-refractivity contribution in [3.05, 3.63) is 64.0 Å². The average molecular weight is 360 g/mol. The molecule has 136 valence electrons. The maximum Gasteiger partial charge on any atom is 0.306 e. The highest BCUT2D eigenvalue weighted by atomic mass is 19.1. The molecule has 2 amide bonds. The van der Waals surface area contributed by atoms with E-state index >= 15 is 0 Å². The number of carbonyl (C=O) groups excluding carboxylic acids is 2. The minimum Gasteiger partial charge on any atom is -0.376 e. The lowest BCUT2D eigenvalue weighted by atomic mass is 10.2. The molecule has 0 fully saturated rings. The Morgan fingerprint density at radius 3 is 2.54 bits per heavy atom. The van der Waals surface area contributed by atoms with Gasteiger partial charge in [-0.15, -0.1) is 0 Å². The van der Waals surface area contributed by atoms with E-state index in [0.717, 1.165) is 12.1 Å². The molecule has 26 heavy (non-hydrogen) atoms. The molecule has 0 aliphatic heterocycles. The highest BCUT2D eigenvalue weighted by Gasteiger charge is 2.15. The van der Waals surface area contributed by atoms with Gasteiger partial charge in [-0.3, -0.25) is 19.7 Å². The fraction of sp³-hybridized carbons (Fsp3) is 0.176. The number of rotatable bonds is 6. The van der Waals surface area contributed by atoms with Gasteiger partial charge in [0.15, 0.2) is 0 Å². The van der Waals surface area contributed by atoms with Gasteiger partial charge in [0.1, 0.15) is 0 Å². The van der Waals surface area contributed by atoms with E-state index in [1.807, 2.05) is 0 Å². The van der Waals surface area contributed by atoms with E-state index in [4.69, 9.17) is 0 Å². The normalized spacial score (nSPS) is 10.1. The highest BCUT2D eigenvalue weighted by Crippen LogP contribution is 2.21. The van der Waals surface area contributed by atoms with Crippen molar-refractivity contribution < 1.29 is 18.9 Å². The minimum atomic E-state index is -0.952. The first-order chi connectivity index (χ1) is 12.3. The molecule has 0 aliphatic carbocycles. The lowest BCUT2D eigenvalue weighted by Crippen LogP contribution is -2.23. The van der Waals surface area contributed by atoms with Gasteiger partial charge < -0.3 is 15.5 Å². The Bertz CT molecular complexity index is 854. The first-order valence-electron chi connectivity index (χ1n) is 7.57. The summed E-state index contributed by atoms with van der Waals surface area (Å²) in [7, 11) is 3.25. The Balaban J connectivity index is 1.99. The Hall–Kier alpha value is -3.49. The summed E-state index contributed by atoms with van der Waals surface area (Å²) in [4.78, 5) is 35.2. The number of carbonyl (C=O) groups is 2. The van der Waals surface area contributed by atoms with Crippen LogP contribution in [0.3, 0.4) is 0 Å². The zero-order valence-corrected chi connectivity index (χ0v) is 14.2. The van der Waals surface area contributed by atoms with E-state index in [-0.39, 0.29) is 18.1 Å². The molecular weight excluding hydrogens is 343 g/mol. The van der Waals surface area contributed by atoms with Crippen molar-refractivity contribution in [2.24, 2.45) is 0 Å². The summed E-state index contributed by atoms with van der Waals surface area (Å²) in [6.07, 6.45) is 0. The molecule has 0 heterocycles. The van der Waals surface area contributed by atoms with Crippen LogP contribution in [0.1, 0.15) is 10.4 Å². The Labute approximate surface area is 148 Å². The van der Waals surface area contributed by atoms with E-state index in [0.29, 0.717) is 11.3 Å². The number of anilines is 2. The van der Waals surface area contributed by atoms with Crippen LogP contribution in [0.5, 0.6) is 0 Å². The van der Waals surface area contributed by atoms with Gasteiger partial charge in [-0.25, -0.2) is 0 Å². The smallest absolute Gasteiger partial charge is 0.306 e. The number of amides is 2. The van der Waals surface area contributed by atoms with Gasteiger partial charge in [0.25, 0.3) is 5.91 Å². The molecule has 2 rings (SSSR count). The van der Waals surface area contributed by atoms with Gasteiger partial charge in [-0.2, -0.15) is 4.39 Å². The Morgan fingerprint density at radius 2 is 1.88 bits per heavy atom. The summed E-state index contributed by atoms with van der Waals surface area (Å²) in [5.41, 5.74) is 0.430. The Kier molecular flexibility index (Phi) is 5.84. The standard InChI is InChI=1S/C17H17FN4O4/c1-21(2)17(24)11-4-3-5-13(8-11)20-16(23)10-19-12-6-7-14(18)15(9-12)22(25)26/h3-9,19H,10H2,1-2H3,(H,20,23). The number of nitrogens with zero attached hydrogens (tertiary/aromatic N) is 2. The zero-order chi connectivity index (χ0) is 19.3. The van der Waals surface area contributed by atoms with Crippen LogP contribution in [0.2, 0.25) is 0 Å². The summed E-state index contributed by atoms with van der Waals surface area (Å²) in [5, 5.41) is 16.0. The first-order valence-corrected chi connectivity index (χ1v) is 7.57. The molecule has 0 aromatic heterocycles. The average Bonchev–Trinajstić information content (AvgIpc) is 2.60. The zero-order valence-electron chi connectivity index (χ0n) is 14.2. The van der Waals surface area contributed by atoms with Crippen LogP contribution in [0.25, 0.3) is 0 Å². The molecular formula is C17H17FN4O4. The summed E-state index contributed by atoms with van der Waals surface area (Å²) in [6, 6.07) is 9.71. The van der Waals surface area contributed by atoms with Crippen LogP contribution < -0.4 is 10.6 Å². The van der Waals surface area contributed by atoms with Crippen LogP contribution in [0.4, 0.5) is 21.5 Å². The summed E-state index contributed by atoms with van der Waals surface area (Å²) in [5.74, 6) is -1.57. The molecule has 0 saturated heterocycles. The molecule has 0 unspecified atom stereocenters. The third kappa shape index (κ3) is 4.76. The molecule has 0 radical (unpaired) electrons. The van der Waals surface area contributed by atoms with Crippen LogP contribution in [-0.2, 0) is 4.79 Å². The van der Waals surface area contributed by atoms with Crippen molar-refractivity contribution in [2.75, 3.05) is 31.3 Å². The maximum absolute atomic E-state index is 13.3. The first kappa shape index (κ1) is 18.8. The fourth-order valence-corrected chi connectivity index (χ4v) is 2.14. The number of nitro benzene ring substituents is 1. The number of hydrogen-bond acceptors (Lipinski definition) is 5. The monoisotopic (exact) mass is 360 g/mol. The van der Waals surface area contributed by atoms with Crippen molar-refractivity contribution in [1.82, 2.24) is 4.90 Å². The van der Waals surface area contributed by atoms with Gasteiger partial charge in [-0.1, -0.05) is 6.07 Å². The van der Waals surface area contributed by atoms with Gasteiger partial charge in [0, 0.05) is 37.1 Å². The quantitative estimate of drug-likeness (QED) is 0.608. The molecule has 0 atom stereocenters. The van der Waals surface area contributed by atoms with Crippen LogP contribution in [-0.4, -0.2) is 42.3 Å². The molecule has 8 nitrogen and oxygen atoms in total. The predicted octanol–water partition coefficient (Wildman–Crippen LogP) is 2.49. The van der Waals surface area contributed by atoms with Gasteiger partial charge in [0.05, 0.1) is 11.5 Å². The molecule has 0 spiro atoms. The van der Waals surface area contributed by atoms with E-state index in [2.05, 4.69) is 10.6 Å². The lowest BCUT2D eigenvalue weighted by molar-refractivity contribution is -0.387. The van der Waals surface area contributed by atoms with Gasteiger partial charge in [-0.05, 0) is 30.3 Å². The third-order valence-corrected chi connectivity index (χ3v) is 3.40. The van der Waals surface area contributed by atoms with Crippen molar-refractivity contribution in [1.29, 1.82) is 0 Å². The van der Waals surface area contributed by atoms with E-state index < -0.39 is 22.3 Å². The lowest BCUT2D eigenvalue weighted by Gasteiger charge is -2.12. The van der Waals surface area contributed by atoms with Crippen LogP contribution >= 0.6 is 0 Å². The van der Waals surface area contributed by atoms with Crippen molar-refractivity contribution in [3.8, 4) is 0 Å². The second-order valence-electron chi connectivity index (χ2n) is 5.61. The van der Waals surface area contributed by atoms with Gasteiger partial charge in [0.2, 0.25) is 11.7 Å². The molecule has 9 heteroatoms. The third-order valence-electron chi connectivity index (χ3n) is 3.40. The van der Waals surface area contributed by atoms with Crippen LogP contribution in [0, 0.1) is 15.9 Å². The molecule has 0 bridgehead atoms. The molecule has 2 N–H and O–H groups in total. The maximum atomic E-state index is 13.3. The number of halogens is 1. The van der Waals surface area contributed by atoms with E-state index in [1.165, 1.54) is 11.0 Å². The second kappa shape index (κ2) is 8.06. The van der Waals surface area contributed by atoms with Crippen molar-refractivity contribution in [3.63, 3.8) is 0 Å². The molecule has 0 saturated carbocycles.